The highest BCUT2D eigenvalue weighted by Crippen LogP contribution is 2.20. The van der Waals surface area contributed by atoms with Crippen LogP contribution in [-0.4, -0.2) is 22.6 Å². The van der Waals surface area contributed by atoms with Crippen molar-refractivity contribution >= 4 is 5.95 Å². The maximum atomic E-state index is 5.53. The molecule has 0 radical (unpaired) electrons. The second-order valence-electron chi connectivity index (χ2n) is 4.82. The summed E-state index contributed by atoms with van der Waals surface area (Å²) in [6, 6.07) is 1.78. The molecule has 1 aliphatic carbocycles. The zero-order chi connectivity index (χ0) is 12.8. The van der Waals surface area contributed by atoms with Crippen molar-refractivity contribution in [3.05, 3.63) is 23.9 Å². The van der Waals surface area contributed by atoms with E-state index < -0.39 is 0 Å². The minimum Gasteiger partial charge on any atom is -0.475 e. The first-order valence-corrected chi connectivity index (χ1v) is 6.65. The second-order valence-corrected chi connectivity index (χ2v) is 4.82. The molecule has 4 nitrogen and oxygen atoms in total. The number of hydrogen-bond donors (Lipinski definition) is 1. The van der Waals surface area contributed by atoms with Gasteiger partial charge in [-0.2, -0.15) is 4.98 Å². The lowest BCUT2D eigenvalue weighted by Gasteiger charge is -2.10. The molecule has 0 unspecified atom stereocenters. The first-order chi connectivity index (χ1) is 8.74. The van der Waals surface area contributed by atoms with Crippen molar-refractivity contribution in [3.63, 3.8) is 0 Å². The molecule has 1 heterocycles. The van der Waals surface area contributed by atoms with Gasteiger partial charge in [0, 0.05) is 18.8 Å². The van der Waals surface area contributed by atoms with Crippen LogP contribution in [0.3, 0.4) is 0 Å². The zero-order valence-electron chi connectivity index (χ0n) is 11.1. The van der Waals surface area contributed by atoms with Crippen LogP contribution < -0.4 is 10.1 Å². The van der Waals surface area contributed by atoms with E-state index in [2.05, 4.69) is 21.4 Å². The molecule has 98 valence electrons. The van der Waals surface area contributed by atoms with Crippen molar-refractivity contribution in [2.75, 3.05) is 11.9 Å². The van der Waals surface area contributed by atoms with Gasteiger partial charge in [0.2, 0.25) is 11.8 Å². The van der Waals surface area contributed by atoms with Crippen molar-refractivity contribution in [2.45, 2.75) is 45.6 Å². The van der Waals surface area contributed by atoms with Gasteiger partial charge in [0.25, 0.3) is 0 Å². The van der Waals surface area contributed by atoms with E-state index >= 15 is 0 Å². The van der Waals surface area contributed by atoms with Crippen LogP contribution in [0.25, 0.3) is 0 Å². The van der Waals surface area contributed by atoms with Crippen LogP contribution in [0.5, 0.6) is 5.88 Å². The predicted molar refractivity (Wildman–Crippen MR) is 72.8 cm³/mol. The average molecular weight is 247 g/mol. The van der Waals surface area contributed by atoms with Crippen LogP contribution in [-0.2, 0) is 0 Å². The molecule has 0 spiro atoms. The highest BCUT2D eigenvalue weighted by molar-refractivity contribution is 5.27. The van der Waals surface area contributed by atoms with E-state index in [9.17, 15) is 0 Å². The Morgan fingerprint density at radius 2 is 2.33 bits per heavy atom. The molecule has 0 aromatic carbocycles. The number of allylic oxidation sites excluding steroid dienone is 1. The molecule has 0 bridgehead atoms. The largest absolute Gasteiger partial charge is 0.475 e. The van der Waals surface area contributed by atoms with E-state index in [1.54, 1.807) is 17.8 Å². The first kappa shape index (κ1) is 12.9. The summed E-state index contributed by atoms with van der Waals surface area (Å²) in [6.07, 6.45) is 9.09. The molecule has 0 atom stereocenters. The molecule has 1 aromatic heterocycles. The average Bonchev–Trinajstić information content (AvgIpc) is 2.82. The number of nitrogens with one attached hydrogen (secondary N) is 1. The van der Waals surface area contributed by atoms with Crippen molar-refractivity contribution in [1.82, 2.24) is 9.97 Å². The van der Waals surface area contributed by atoms with Gasteiger partial charge in [0.05, 0.1) is 6.10 Å². The fraction of sp³-hybridized carbons (Fsp3) is 0.571. The van der Waals surface area contributed by atoms with Crippen molar-refractivity contribution in [3.8, 4) is 5.88 Å². The number of hydrogen-bond acceptors (Lipinski definition) is 4. The quantitative estimate of drug-likeness (QED) is 0.784. The fourth-order valence-electron chi connectivity index (χ4n) is 2.03. The Balaban J connectivity index is 1.81. The third kappa shape index (κ3) is 4.02. The van der Waals surface area contributed by atoms with Crippen molar-refractivity contribution in [2.24, 2.45) is 0 Å². The Hall–Kier alpha value is -1.58. The van der Waals surface area contributed by atoms with E-state index in [1.807, 2.05) is 13.8 Å². The van der Waals surface area contributed by atoms with Gasteiger partial charge >= 0.3 is 0 Å². The van der Waals surface area contributed by atoms with Gasteiger partial charge in [0.1, 0.15) is 0 Å². The Bertz CT molecular complexity index is 415. The van der Waals surface area contributed by atoms with Crippen LogP contribution in [0.15, 0.2) is 23.9 Å². The van der Waals surface area contributed by atoms with Crippen LogP contribution in [0, 0.1) is 0 Å². The van der Waals surface area contributed by atoms with Gasteiger partial charge in [-0.25, -0.2) is 4.98 Å². The lowest BCUT2D eigenvalue weighted by molar-refractivity contribution is 0.232. The van der Waals surface area contributed by atoms with Crippen LogP contribution in [0.2, 0.25) is 0 Å². The summed E-state index contributed by atoms with van der Waals surface area (Å²) in [6.45, 7) is 4.86. The van der Waals surface area contributed by atoms with Crippen LogP contribution in [0.4, 0.5) is 5.95 Å². The molecule has 0 amide bonds. The minimum absolute atomic E-state index is 0.136. The minimum atomic E-state index is 0.136. The molecule has 0 fully saturated rings. The van der Waals surface area contributed by atoms with Gasteiger partial charge in [-0.15, -0.1) is 0 Å². The van der Waals surface area contributed by atoms with E-state index in [1.165, 1.54) is 19.3 Å². The maximum absolute atomic E-state index is 5.53. The molecule has 0 aliphatic heterocycles. The normalized spacial score (nSPS) is 14.7. The molecule has 2 rings (SSSR count). The molecular weight excluding hydrogens is 226 g/mol. The highest BCUT2D eigenvalue weighted by Gasteiger charge is 2.05. The molecule has 4 heteroatoms. The summed E-state index contributed by atoms with van der Waals surface area (Å²) >= 11 is 0. The Morgan fingerprint density at radius 3 is 3.06 bits per heavy atom. The lowest BCUT2D eigenvalue weighted by Crippen LogP contribution is -2.10. The van der Waals surface area contributed by atoms with Gasteiger partial charge in [-0.05, 0) is 39.5 Å². The summed E-state index contributed by atoms with van der Waals surface area (Å²) in [7, 11) is 0. The summed E-state index contributed by atoms with van der Waals surface area (Å²) < 4.78 is 5.53. The van der Waals surface area contributed by atoms with Gasteiger partial charge in [-0.3, -0.25) is 0 Å². The molecule has 1 aliphatic rings. The number of ether oxygens (including phenoxy) is 1. The number of anilines is 1. The first-order valence-electron chi connectivity index (χ1n) is 6.65. The van der Waals surface area contributed by atoms with E-state index in [0.717, 1.165) is 13.0 Å². The zero-order valence-corrected chi connectivity index (χ0v) is 11.1. The van der Waals surface area contributed by atoms with Gasteiger partial charge < -0.3 is 10.1 Å². The molecule has 0 saturated heterocycles. The molecule has 1 N–H and O–H groups in total. The third-order valence-corrected chi connectivity index (χ3v) is 2.85. The fourth-order valence-corrected chi connectivity index (χ4v) is 2.03. The Kier molecular flexibility index (Phi) is 4.56. The maximum Gasteiger partial charge on any atom is 0.225 e. The third-order valence-electron chi connectivity index (χ3n) is 2.85. The smallest absolute Gasteiger partial charge is 0.225 e. The summed E-state index contributed by atoms with van der Waals surface area (Å²) in [5.41, 5.74) is 1.55. The molecular formula is C14H21N3O. The van der Waals surface area contributed by atoms with Crippen LogP contribution >= 0.6 is 0 Å². The van der Waals surface area contributed by atoms with Gasteiger partial charge in [-0.1, -0.05) is 11.6 Å². The lowest BCUT2D eigenvalue weighted by atomic mass is 10.2. The number of nitrogens with zero attached hydrogens (tertiary/aromatic N) is 2. The van der Waals surface area contributed by atoms with E-state index in [0.29, 0.717) is 11.8 Å². The molecule has 0 saturated carbocycles. The summed E-state index contributed by atoms with van der Waals surface area (Å²) in [5, 5.41) is 3.24. The number of aromatic nitrogens is 2. The summed E-state index contributed by atoms with van der Waals surface area (Å²) in [5.74, 6) is 1.27. The van der Waals surface area contributed by atoms with E-state index in [4.69, 9.17) is 4.74 Å². The van der Waals surface area contributed by atoms with E-state index in [-0.39, 0.29) is 6.10 Å². The molecule has 18 heavy (non-hydrogen) atoms. The van der Waals surface area contributed by atoms with Gasteiger partial charge in [0.15, 0.2) is 0 Å². The highest BCUT2D eigenvalue weighted by atomic mass is 16.5. The van der Waals surface area contributed by atoms with Crippen molar-refractivity contribution < 1.29 is 4.74 Å². The number of rotatable bonds is 6. The second kappa shape index (κ2) is 6.38. The SMILES string of the molecule is CC(C)Oc1ccnc(NCCC2=CCCC2)n1. The Morgan fingerprint density at radius 1 is 1.44 bits per heavy atom. The standard InChI is InChI=1S/C14H21N3O/c1-11(2)18-13-8-10-16-14(17-13)15-9-7-12-5-3-4-6-12/h5,8,10-11H,3-4,6-7,9H2,1-2H3,(H,15,16,17). The van der Waals surface area contributed by atoms with Crippen LogP contribution in [0.1, 0.15) is 39.5 Å². The monoisotopic (exact) mass is 247 g/mol. The Labute approximate surface area is 108 Å². The van der Waals surface area contributed by atoms with Crippen molar-refractivity contribution in [1.29, 1.82) is 0 Å². The molecule has 1 aromatic rings. The predicted octanol–water partition coefficient (Wildman–Crippen LogP) is 3.18. The topological polar surface area (TPSA) is 47.0 Å². The summed E-state index contributed by atoms with van der Waals surface area (Å²) in [4.78, 5) is 8.50.